The minimum atomic E-state index is 0.378. The Morgan fingerprint density at radius 3 is 2.94 bits per heavy atom. The monoisotopic (exact) mass is 330 g/mol. The zero-order valence-electron chi connectivity index (χ0n) is 10.7. The van der Waals surface area contributed by atoms with Crippen LogP contribution < -0.4 is 5.73 Å². The van der Waals surface area contributed by atoms with Crippen molar-refractivity contribution >= 4 is 27.5 Å². The molecule has 0 aliphatic carbocycles. The number of hydrogen-bond acceptors (Lipinski definition) is 2. The lowest BCUT2D eigenvalue weighted by atomic mass is 9.90. The van der Waals surface area contributed by atoms with Gasteiger partial charge in [-0.25, -0.2) is 0 Å². The maximum absolute atomic E-state index is 6.14. The molecule has 1 heterocycles. The Morgan fingerprint density at radius 2 is 2.28 bits per heavy atom. The Balaban J connectivity index is 1.99. The zero-order valence-corrected chi connectivity index (χ0v) is 13.0. The smallest absolute Gasteiger partial charge is 0.0548 e. The molecule has 0 radical (unpaired) electrons. The van der Waals surface area contributed by atoms with Gasteiger partial charge >= 0.3 is 0 Å². The van der Waals surface area contributed by atoms with Crippen molar-refractivity contribution in [3.8, 4) is 0 Å². The molecule has 1 aliphatic rings. The lowest BCUT2D eigenvalue weighted by Crippen LogP contribution is -2.46. The van der Waals surface area contributed by atoms with Crippen LogP contribution in [0.15, 0.2) is 22.7 Å². The summed E-state index contributed by atoms with van der Waals surface area (Å²) in [4.78, 5) is 2.49. The van der Waals surface area contributed by atoms with Crippen molar-refractivity contribution in [2.45, 2.75) is 32.4 Å². The van der Waals surface area contributed by atoms with Crippen LogP contribution in [-0.4, -0.2) is 24.0 Å². The van der Waals surface area contributed by atoms with Crippen LogP contribution >= 0.6 is 27.5 Å². The van der Waals surface area contributed by atoms with Gasteiger partial charge in [0.2, 0.25) is 0 Å². The normalized spacial score (nSPS) is 25.3. The lowest BCUT2D eigenvalue weighted by molar-refractivity contribution is 0.145. The van der Waals surface area contributed by atoms with E-state index in [-0.39, 0.29) is 0 Å². The summed E-state index contributed by atoms with van der Waals surface area (Å²) in [5.41, 5.74) is 7.44. The molecule has 1 saturated heterocycles. The van der Waals surface area contributed by atoms with Crippen LogP contribution in [0.2, 0.25) is 5.02 Å². The molecule has 1 fully saturated rings. The van der Waals surface area contributed by atoms with E-state index in [2.05, 4.69) is 39.9 Å². The zero-order chi connectivity index (χ0) is 13.1. The third-order valence-electron chi connectivity index (χ3n) is 3.79. The molecule has 2 N–H and O–H groups in total. The lowest BCUT2D eigenvalue weighted by Gasteiger charge is -2.36. The quantitative estimate of drug-likeness (QED) is 0.916. The van der Waals surface area contributed by atoms with Gasteiger partial charge in [-0.15, -0.1) is 0 Å². The number of hydrogen-bond donors (Lipinski definition) is 1. The summed E-state index contributed by atoms with van der Waals surface area (Å²) in [6, 6.07) is 6.54. The van der Waals surface area contributed by atoms with Crippen molar-refractivity contribution in [1.29, 1.82) is 0 Å². The molecule has 1 aromatic carbocycles. The van der Waals surface area contributed by atoms with Crippen molar-refractivity contribution in [1.82, 2.24) is 4.90 Å². The molecule has 0 saturated carbocycles. The summed E-state index contributed by atoms with van der Waals surface area (Å²) in [7, 11) is 0. The fourth-order valence-electron chi connectivity index (χ4n) is 2.60. The van der Waals surface area contributed by atoms with Crippen LogP contribution in [0.5, 0.6) is 0 Å². The van der Waals surface area contributed by atoms with E-state index >= 15 is 0 Å². The van der Waals surface area contributed by atoms with Crippen LogP contribution in [0.3, 0.4) is 0 Å². The second kappa shape index (κ2) is 6.38. The molecule has 0 bridgehead atoms. The predicted molar refractivity (Wildman–Crippen MR) is 80.8 cm³/mol. The van der Waals surface area contributed by atoms with Gasteiger partial charge in [-0.1, -0.05) is 31.0 Å². The van der Waals surface area contributed by atoms with E-state index in [1.807, 2.05) is 6.07 Å². The molecule has 0 amide bonds. The van der Waals surface area contributed by atoms with Crippen LogP contribution in [0.25, 0.3) is 0 Å². The molecule has 2 unspecified atom stereocenters. The maximum atomic E-state index is 6.14. The van der Waals surface area contributed by atoms with E-state index in [9.17, 15) is 0 Å². The largest absolute Gasteiger partial charge is 0.327 e. The number of likely N-dealkylation sites (tertiary alicyclic amines) is 1. The van der Waals surface area contributed by atoms with Crippen LogP contribution in [-0.2, 0) is 6.54 Å². The van der Waals surface area contributed by atoms with Crippen molar-refractivity contribution < 1.29 is 0 Å². The third kappa shape index (κ3) is 3.47. The number of rotatable bonds is 3. The summed E-state index contributed by atoms with van der Waals surface area (Å²) >= 11 is 9.49. The summed E-state index contributed by atoms with van der Waals surface area (Å²) in [6.45, 7) is 5.42. The van der Waals surface area contributed by atoms with Crippen LogP contribution in [0, 0.1) is 5.92 Å². The van der Waals surface area contributed by atoms with E-state index in [0.717, 1.165) is 35.6 Å². The molecule has 2 nitrogen and oxygen atoms in total. The highest BCUT2D eigenvalue weighted by Crippen LogP contribution is 2.25. The number of piperidine rings is 1. The minimum Gasteiger partial charge on any atom is -0.327 e. The molecule has 18 heavy (non-hydrogen) atoms. The molecule has 100 valence electrons. The molecule has 0 aromatic heterocycles. The molecular formula is C14H20BrClN2. The van der Waals surface area contributed by atoms with Gasteiger partial charge in [0.05, 0.1) is 5.02 Å². The van der Waals surface area contributed by atoms with E-state index in [4.69, 9.17) is 17.3 Å². The fourth-order valence-corrected chi connectivity index (χ4v) is 3.14. The van der Waals surface area contributed by atoms with E-state index in [0.29, 0.717) is 12.0 Å². The number of halogens is 2. The Bertz CT molecular complexity index is 411. The number of nitrogens with two attached hydrogens (primary N) is 1. The second-order valence-electron chi connectivity index (χ2n) is 5.10. The highest BCUT2D eigenvalue weighted by atomic mass is 79.9. The van der Waals surface area contributed by atoms with Crippen LogP contribution in [0.1, 0.15) is 25.3 Å². The SMILES string of the molecule is CCC1CN(Cc2ccc(Cl)c(Br)c2)CCC1N. The second-order valence-corrected chi connectivity index (χ2v) is 6.37. The Morgan fingerprint density at radius 1 is 1.50 bits per heavy atom. The first-order valence-electron chi connectivity index (χ1n) is 6.52. The first-order chi connectivity index (χ1) is 8.60. The number of nitrogens with zero attached hydrogens (tertiary/aromatic N) is 1. The third-order valence-corrected chi connectivity index (χ3v) is 5.01. The van der Waals surface area contributed by atoms with E-state index in [1.54, 1.807) is 0 Å². The van der Waals surface area contributed by atoms with Gasteiger partial charge < -0.3 is 5.73 Å². The standard InChI is InChI=1S/C14H20BrClN2/c1-2-11-9-18(6-5-14(11)17)8-10-3-4-13(16)12(15)7-10/h3-4,7,11,14H,2,5-6,8-9,17H2,1H3. The van der Waals surface area contributed by atoms with Gasteiger partial charge in [0.1, 0.15) is 0 Å². The average molecular weight is 332 g/mol. The molecule has 1 aliphatic heterocycles. The Hall–Kier alpha value is -0.0900. The van der Waals surface area contributed by atoms with E-state index in [1.165, 1.54) is 12.0 Å². The Labute approximate surface area is 123 Å². The Kier molecular flexibility index (Phi) is 5.07. The minimum absolute atomic E-state index is 0.378. The highest BCUT2D eigenvalue weighted by Gasteiger charge is 2.25. The highest BCUT2D eigenvalue weighted by molar-refractivity contribution is 9.10. The first kappa shape index (κ1) is 14.3. The summed E-state index contributed by atoms with van der Waals surface area (Å²) in [6.07, 6.45) is 2.27. The van der Waals surface area contributed by atoms with Gasteiger partial charge in [0.25, 0.3) is 0 Å². The number of benzene rings is 1. The van der Waals surface area contributed by atoms with Crippen molar-refractivity contribution in [3.63, 3.8) is 0 Å². The van der Waals surface area contributed by atoms with Crippen molar-refractivity contribution in [2.75, 3.05) is 13.1 Å². The molecule has 2 atom stereocenters. The topological polar surface area (TPSA) is 29.3 Å². The van der Waals surface area contributed by atoms with Gasteiger partial charge in [-0.05, 0) is 52.5 Å². The predicted octanol–water partition coefficient (Wildman–Crippen LogP) is 3.66. The van der Waals surface area contributed by atoms with Gasteiger partial charge in [0, 0.05) is 23.6 Å². The fraction of sp³-hybridized carbons (Fsp3) is 0.571. The molecule has 2 rings (SSSR count). The molecule has 1 aromatic rings. The van der Waals surface area contributed by atoms with Gasteiger partial charge in [0.15, 0.2) is 0 Å². The van der Waals surface area contributed by atoms with E-state index < -0.39 is 0 Å². The van der Waals surface area contributed by atoms with Gasteiger partial charge in [-0.3, -0.25) is 4.90 Å². The summed E-state index contributed by atoms with van der Waals surface area (Å²) in [5.74, 6) is 0.634. The molecular weight excluding hydrogens is 312 g/mol. The van der Waals surface area contributed by atoms with Crippen molar-refractivity contribution in [2.24, 2.45) is 11.7 Å². The molecule has 4 heteroatoms. The average Bonchev–Trinajstić information content (AvgIpc) is 2.36. The maximum Gasteiger partial charge on any atom is 0.0548 e. The first-order valence-corrected chi connectivity index (χ1v) is 7.69. The van der Waals surface area contributed by atoms with Crippen molar-refractivity contribution in [3.05, 3.63) is 33.3 Å². The van der Waals surface area contributed by atoms with Gasteiger partial charge in [-0.2, -0.15) is 0 Å². The molecule has 0 spiro atoms. The summed E-state index contributed by atoms with van der Waals surface area (Å²) < 4.78 is 0.974. The summed E-state index contributed by atoms with van der Waals surface area (Å²) in [5, 5.41) is 0.769. The van der Waals surface area contributed by atoms with Crippen LogP contribution in [0.4, 0.5) is 0 Å².